The van der Waals surface area contributed by atoms with Crippen LogP contribution in [0.25, 0.3) is 0 Å². The lowest BCUT2D eigenvalue weighted by atomic mass is 9.84. The van der Waals surface area contributed by atoms with Gasteiger partial charge in [0.25, 0.3) is 0 Å². The Bertz CT molecular complexity index is 667. The lowest BCUT2D eigenvalue weighted by Crippen LogP contribution is -2.49. The van der Waals surface area contributed by atoms with Crippen molar-refractivity contribution in [1.82, 2.24) is 15.5 Å². The molecule has 0 bridgehead atoms. The molecule has 6 heteroatoms. The van der Waals surface area contributed by atoms with Crippen LogP contribution < -0.4 is 20.1 Å². The number of piperidine rings is 1. The van der Waals surface area contributed by atoms with E-state index in [0.717, 1.165) is 24.0 Å². The number of aliphatic imine (C=N–C) groups is 1. The lowest BCUT2D eigenvalue weighted by Gasteiger charge is -2.33. The van der Waals surface area contributed by atoms with E-state index in [-0.39, 0.29) is 5.41 Å². The molecule has 2 heterocycles. The summed E-state index contributed by atoms with van der Waals surface area (Å²) in [6, 6.07) is 6.70. The molecule has 6 nitrogen and oxygen atoms in total. The first-order chi connectivity index (χ1) is 13.5. The Morgan fingerprint density at radius 3 is 2.64 bits per heavy atom. The molecule has 156 valence electrons. The fourth-order valence-electron chi connectivity index (χ4n) is 3.82. The van der Waals surface area contributed by atoms with E-state index < -0.39 is 0 Å². The number of benzene rings is 1. The van der Waals surface area contributed by atoms with Crippen molar-refractivity contribution in [1.29, 1.82) is 0 Å². The second-order valence-electron chi connectivity index (χ2n) is 8.41. The standard InChI is InChI=1S/C22H36N4O2/c1-5-11-26-12-9-18(10-13-26)25-21(23-6-2)24-15-22(3,4)17-7-8-19-20(14-17)28-16-27-19/h7-8,14,18H,5-6,9-13,15-16H2,1-4H3,(H2,23,24,25). The number of likely N-dealkylation sites (tertiary alicyclic amines) is 1. The Morgan fingerprint density at radius 1 is 1.18 bits per heavy atom. The molecule has 2 aliphatic heterocycles. The maximum Gasteiger partial charge on any atom is 0.231 e. The largest absolute Gasteiger partial charge is 0.454 e. The maximum absolute atomic E-state index is 5.54. The number of hydrogen-bond donors (Lipinski definition) is 2. The highest BCUT2D eigenvalue weighted by Gasteiger charge is 2.25. The smallest absolute Gasteiger partial charge is 0.231 e. The molecular formula is C22H36N4O2. The van der Waals surface area contributed by atoms with Gasteiger partial charge in [-0.3, -0.25) is 4.99 Å². The number of hydrogen-bond acceptors (Lipinski definition) is 4. The zero-order valence-corrected chi connectivity index (χ0v) is 17.9. The molecule has 0 amide bonds. The minimum Gasteiger partial charge on any atom is -0.454 e. The summed E-state index contributed by atoms with van der Waals surface area (Å²) in [4.78, 5) is 7.47. The van der Waals surface area contributed by atoms with Gasteiger partial charge in [-0.2, -0.15) is 0 Å². The molecule has 0 radical (unpaired) electrons. The summed E-state index contributed by atoms with van der Waals surface area (Å²) in [5.41, 5.74) is 1.12. The summed E-state index contributed by atoms with van der Waals surface area (Å²) in [6.45, 7) is 14.3. The molecule has 3 rings (SSSR count). The van der Waals surface area contributed by atoms with Crippen LogP contribution in [0.15, 0.2) is 23.2 Å². The van der Waals surface area contributed by atoms with Gasteiger partial charge in [-0.1, -0.05) is 26.8 Å². The molecule has 0 unspecified atom stereocenters. The SMILES string of the molecule is CCCN1CCC(NC(=NCC(C)(C)c2ccc3c(c2)OCO3)NCC)CC1. The molecule has 0 saturated carbocycles. The Labute approximate surface area is 169 Å². The van der Waals surface area contributed by atoms with E-state index in [1.54, 1.807) is 0 Å². The molecular weight excluding hydrogens is 352 g/mol. The quantitative estimate of drug-likeness (QED) is 0.555. The van der Waals surface area contributed by atoms with Crippen LogP contribution in [0.2, 0.25) is 0 Å². The third-order valence-electron chi connectivity index (χ3n) is 5.60. The van der Waals surface area contributed by atoms with E-state index in [0.29, 0.717) is 19.4 Å². The van der Waals surface area contributed by atoms with Gasteiger partial charge in [0.2, 0.25) is 6.79 Å². The Morgan fingerprint density at radius 2 is 1.93 bits per heavy atom. The van der Waals surface area contributed by atoms with Gasteiger partial charge in [-0.15, -0.1) is 0 Å². The van der Waals surface area contributed by atoms with Gasteiger partial charge in [0, 0.05) is 31.1 Å². The minimum atomic E-state index is -0.0895. The van der Waals surface area contributed by atoms with E-state index in [1.165, 1.54) is 44.5 Å². The van der Waals surface area contributed by atoms with Gasteiger partial charge in [0.15, 0.2) is 17.5 Å². The zero-order chi connectivity index (χ0) is 20.0. The Kier molecular flexibility index (Phi) is 7.05. The number of guanidine groups is 1. The van der Waals surface area contributed by atoms with Crippen LogP contribution in [0.4, 0.5) is 0 Å². The molecule has 0 aromatic heterocycles. The average Bonchev–Trinajstić information content (AvgIpc) is 3.16. The fraction of sp³-hybridized carbons (Fsp3) is 0.682. The van der Waals surface area contributed by atoms with E-state index >= 15 is 0 Å². The first kappa shape index (κ1) is 20.8. The summed E-state index contributed by atoms with van der Waals surface area (Å²) in [5, 5.41) is 7.07. The fourth-order valence-corrected chi connectivity index (χ4v) is 3.82. The third kappa shape index (κ3) is 5.31. The van der Waals surface area contributed by atoms with Gasteiger partial charge in [-0.05, 0) is 50.4 Å². The molecule has 0 spiro atoms. The molecule has 0 atom stereocenters. The summed E-state index contributed by atoms with van der Waals surface area (Å²) in [5.74, 6) is 2.58. The normalized spacial score (nSPS) is 18.4. The van der Waals surface area contributed by atoms with E-state index in [4.69, 9.17) is 14.5 Å². The lowest BCUT2D eigenvalue weighted by molar-refractivity contribution is 0.174. The molecule has 1 saturated heterocycles. The Balaban J connectivity index is 1.60. The predicted octanol–water partition coefficient (Wildman–Crippen LogP) is 3.12. The van der Waals surface area contributed by atoms with Crippen LogP contribution in [0.1, 0.15) is 52.5 Å². The molecule has 1 aromatic rings. The van der Waals surface area contributed by atoms with Crippen molar-refractivity contribution < 1.29 is 9.47 Å². The highest BCUT2D eigenvalue weighted by molar-refractivity contribution is 5.80. The predicted molar refractivity (Wildman–Crippen MR) is 114 cm³/mol. The van der Waals surface area contributed by atoms with Crippen molar-refractivity contribution in [3.63, 3.8) is 0 Å². The second-order valence-corrected chi connectivity index (χ2v) is 8.41. The topological polar surface area (TPSA) is 58.1 Å². The van der Waals surface area contributed by atoms with Gasteiger partial charge in [0.1, 0.15) is 0 Å². The third-order valence-corrected chi connectivity index (χ3v) is 5.60. The summed E-state index contributed by atoms with van der Waals surface area (Å²) >= 11 is 0. The molecule has 1 fully saturated rings. The van der Waals surface area contributed by atoms with Crippen LogP contribution in [0.5, 0.6) is 11.5 Å². The summed E-state index contributed by atoms with van der Waals surface area (Å²) in [6.07, 6.45) is 3.59. The zero-order valence-electron chi connectivity index (χ0n) is 17.9. The summed E-state index contributed by atoms with van der Waals surface area (Å²) in [7, 11) is 0. The number of ether oxygens (including phenoxy) is 2. The first-order valence-electron chi connectivity index (χ1n) is 10.7. The average molecular weight is 389 g/mol. The molecule has 1 aromatic carbocycles. The second kappa shape index (κ2) is 9.50. The van der Waals surface area contributed by atoms with Crippen molar-refractivity contribution in [3.8, 4) is 11.5 Å². The monoisotopic (exact) mass is 388 g/mol. The Hall–Kier alpha value is -1.95. The van der Waals surface area contributed by atoms with Crippen molar-refractivity contribution in [2.45, 2.75) is 58.4 Å². The van der Waals surface area contributed by atoms with Crippen LogP contribution in [-0.2, 0) is 5.41 Å². The van der Waals surface area contributed by atoms with Crippen molar-refractivity contribution in [2.24, 2.45) is 4.99 Å². The van der Waals surface area contributed by atoms with E-state index in [1.807, 2.05) is 6.07 Å². The number of rotatable bonds is 7. The van der Waals surface area contributed by atoms with Gasteiger partial charge < -0.3 is 25.0 Å². The molecule has 2 aliphatic rings. The van der Waals surface area contributed by atoms with E-state index in [9.17, 15) is 0 Å². The van der Waals surface area contributed by atoms with Crippen molar-refractivity contribution >= 4 is 5.96 Å². The highest BCUT2D eigenvalue weighted by Crippen LogP contribution is 2.36. The maximum atomic E-state index is 5.54. The van der Waals surface area contributed by atoms with Gasteiger partial charge >= 0.3 is 0 Å². The van der Waals surface area contributed by atoms with Crippen LogP contribution in [0, 0.1) is 0 Å². The van der Waals surface area contributed by atoms with Crippen LogP contribution in [-0.4, -0.2) is 56.4 Å². The van der Waals surface area contributed by atoms with Gasteiger partial charge in [-0.25, -0.2) is 0 Å². The van der Waals surface area contributed by atoms with Crippen molar-refractivity contribution in [3.05, 3.63) is 23.8 Å². The molecule has 0 aliphatic carbocycles. The number of nitrogens with one attached hydrogen (secondary N) is 2. The molecule has 2 N–H and O–H groups in total. The molecule has 28 heavy (non-hydrogen) atoms. The van der Waals surface area contributed by atoms with Crippen LogP contribution >= 0.6 is 0 Å². The van der Waals surface area contributed by atoms with Gasteiger partial charge in [0.05, 0.1) is 6.54 Å². The number of fused-ring (bicyclic) bond motifs is 1. The highest BCUT2D eigenvalue weighted by atomic mass is 16.7. The van der Waals surface area contributed by atoms with E-state index in [2.05, 4.69) is 55.4 Å². The van der Waals surface area contributed by atoms with Crippen molar-refractivity contribution in [2.75, 3.05) is 39.5 Å². The number of nitrogens with zero attached hydrogens (tertiary/aromatic N) is 2. The summed E-state index contributed by atoms with van der Waals surface area (Å²) < 4.78 is 11.0. The minimum absolute atomic E-state index is 0.0895. The first-order valence-corrected chi connectivity index (χ1v) is 10.7. The van der Waals surface area contributed by atoms with Crippen LogP contribution in [0.3, 0.4) is 0 Å².